The van der Waals surface area contributed by atoms with Gasteiger partial charge in [0.2, 0.25) is 0 Å². The van der Waals surface area contributed by atoms with Gasteiger partial charge in [-0.1, -0.05) is 13.3 Å². The van der Waals surface area contributed by atoms with Gasteiger partial charge in [0, 0.05) is 10.8 Å². The highest BCUT2D eigenvalue weighted by molar-refractivity contribution is 5.75. The predicted molar refractivity (Wildman–Crippen MR) is 86.5 cm³/mol. The van der Waals surface area contributed by atoms with Gasteiger partial charge in [-0.15, -0.1) is 0 Å². The first-order valence-electron chi connectivity index (χ1n) is 9.87. The van der Waals surface area contributed by atoms with Gasteiger partial charge in [-0.2, -0.15) is 0 Å². The summed E-state index contributed by atoms with van der Waals surface area (Å²) in [5.74, 6) is 0.345. The first kappa shape index (κ1) is 14.5. The molecule has 132 valence electrons. The Hall–Kier alpha value is -0.610. The van der Waals surface area contributed by atoms with E-state index in [0.29, 0.717) is 12.0 Å². The molecule has 0 aromatic rings. The van der Waals surface area contributed by atoms with Crippen molar-refractivity contribution in [3.05, 3.63) is 0 Å². The smallest absolute Gasteiger partial charge is 0.309 e. The molecule has 24 heavy (non-hydrogen) atoms. The molecule has 0 radical (unpaired) electrons. The van der Waals surface area contributed by atoms with E-state index in [1.807, 2.05) is 6.92 Å². The largest absolute Gasteiger partial charge is 0.481 e. The molecule has 1 N–H and O–H groups in total. The standard InChI is InChI=1S/C20H28O4/c1-16(15(21)22)5-3-6-17(2)13(16)4-7-18-9-12(19(10-18)11-23-19)8-14-20(17,18)24-14/h12-14H,3-11H2,1-2H3,(H,21,22)/t12-,13-,14-,16-,17-,18+,19+,20+/m1/s1. The molecule has 2 aliphatic heterocycles. The SMILES string of the molecule is C[C@@]1(C(=O)O)CCC[C@]2(C)[C@@H]1CC[C@@]13C[C@@H](C[C@H]4O[C@]412)[C@@]1(CO1)C3. The van der Waals surface area contributed by atoms with E-state index in [0.717, 1.165) is 45.1 Å². The normalized spacial score (nSPS) is 65.7. The van der Waals surface area contributed by atoms with Gasteiger partial charge in [0.1, 0.15) is 5.60 Å². The fourth-order valence-corrected chi connectivity index (χ4v) is 8.70. The highest BCUT2D eigenvalue weighted by Gasteiger charge is 2.87. The second-order valence-corrected chi connectivity index (χ2v) is 10.4. The zero-order valence-corrected chi connectivity index (χ0v) is 14.8. The summed E-state index contributed by atoms with van der Waals surface area (Å²) in [6, 6.07) is 0. The highest BCUT2D eigenvalue weighted by Crippen LogP contribution is 2.82. The van der Waals surface area contributed by atoms with E-state index in [4.69, 9.17) is 9.47 Å². The van der Waals surface area contributed by atoms with Gasteiger partial charge in [-0.3, -0.25) is 4.79 Å². The summed E-state index contributed by atoms with van der Waals surface area (Å²) < 4.78 is 12.6. The van der Waals surface area contributed by atoms with Crippen LogP contribution in [0.3, 0.4) is 0 Å². The fourth-order valence-electron chi connectivity index (χ4n) is 8.70. The van der Waals surface area contributed by atoms with Crippen LogP contribution in [-0.2, 0) is 14.3 Å². The summed E-state index contributed by atoms with van der Waals surface area (Å²) in [5.41, 5.74) is -0.168. The number of aliphatic carboxylic acids is 1. The highest BCUT2D eigenvalue weighted by atomic mass is 16.6. The lowest BCUT2D eigenvalue weighted by Gasteiger charge is -2.62. The number of hydrogen-bond donors (Lipinski definition) is 1. The van der Waals surface area contributed by atoms with E-state index in [1.165, 1.54) is 12.8 Å². The van der Waals surface area contributed by atoms with Crippen molar-refractivity contribution in [2.75, 3.05) is 6.61 Å². The average Bonchev–Trinajstić information content (AvgIpc) is 3.39. The number of ether oxygens (including phenoxy) is 2. The molecule has 8 atom stereocenters. The molecule has 6 rings (SSSR count). The monoisotopic (exact) mass is 332 g/mol. The van der Waals surface area contributed by atoms with Gasteiger partial charge in [0.25, 0.3) is 0 Å². The van der Waals surface area contributed by atoms with Crippen LogP contribution < -0.4 is 0 Å². The number of rotatable bonds is 1. The summed E-state index contributed by atoms with van der Waals surface area (Å²) in [7, 11) is 0. The molecule has 6 fully saturated rings. The van der Waals surface area contributed by atoms with Crippen molar-refractivity contribution in [2.24, 2.45) is 28.1 Å². The lowest BCUT2D eigenvalue weighted by atomic mass is 9.40. The molecule has 4 saturated carbocycles. The summed E-state index contributed by atoms with van der Waals surface area (Å²) in [5, 5.41) is 10.0. The molecule has 6 aliphatic rings. The number of hydrogen-bond acceptors (Lipinski definition) is 3. The third kappa shape index (κ3) is 1.25. The molecule has 4 heteroatoms. The molecule has 0 aromatic carbocycles. The Morgan fingerprint density at radius 3 is 2.71 bits per heavy atom. The number of carbonyl (C=O) groups is 1. The van der Waals surface area contributed by atoms with E-state index in [9.17, 15) is 9.90 Å². The Balaban J connectivity index is 1.48. The van der Waals surface area contributed by atoms with E-state index >= 15 is 0 Å². The minimum Gasteiger partial charge on any atom is -0.481 e. The molecule has 2 heterocycles. The van der Waals surface area contributed by atoms with Crippen LogP contribution in [0.25, 0.3) is 0 Å². The maximum atomic E-state index is 12.2. The van der Waals surface area contributed by atoms with E-state index in [2.05, 4.69) is 6.92 Å². The summed E-state index contributed by atoms with van der Waals surface area (Å²) in [6.45, 7) is 5.35. The topological polar surface area (TPSA) is 62.4 Å². The van der Waals surface area contributed by atoms with Gasteiger partial charge in [0.15, 0.2) is 0 Å². The molecule has 3 spiro atoms. The van der Waals surface area contributed by atoms with Crippen molar-refractivity contribution in [1.29, 1.82) is 0 Å². The number of carboxylic acids is 1. The molecule has 2 saturated heterocycles. The van der Waals surface area contributed by atoms with E-state index in [-0.39, 0.29) is 27.9 Å². The van der Waals surface area contributed by atoms with Gasteiger partial charge in [-0.05, 0) is 63.7 Å². The minimum atomic E-state index is -0.593. The second-order valence-electron chi connectivity index (χ2n) is 10.4. The van der Waals surface area contributed by atoms with Crippen LogP contribution in [0.2, 0.25) is 0 Å². The van der Waals surface area contributed by atoms with Crippen LogP contribution in [0.4, 0.5) is 0 Å². The maximum absolute atomic E-state index is 12.2. The lowest BCUT2D eigenvalue weighted by Crippen LogP contribution is -2.64. The van der Waals surface area contributed by atoms with Crippen molar-refractivity contribution in [1.82, 2.24) is 0 Å². The van der Waals surface area contributed by atoms with Crippen LogP contribution in [0, 0.1) is 28.1 Å². The first-order valence-corrected chi connectivity index (χ1v) is 9.87. The lowest BCUT2D eigenvalue weighted by molar-refractivity contribution is -0.183. The van der Waals surface area contributed by atoms with Crippen molar-refractivity contribution < 1.29 is 19.4 Å². The molecular formula is C20H28O4. The van der Waals surface area contributed by atoms with Crippen LogP contribution >= 0.6 is 0 Å². The van der Waals surface area contributed by atoms with Gasteiger partial charge in [0.05, 0.1) is 23.7 Å². The predicted octanol–water partition coefficient (Wildman–Crippen LogP) is 3.38. The molecule has 0 unspecified atom stereocenters. The number of fused-ring (bicyclic) bond motifs is 3. The van der Waals surface area contributed by atoms with Crippen molar-refractivity contribution >= 4 is 5.97 Å². The Kier molecular flexibility index (Phi) is 2.26. The Morgan fingerprint density at radius 2 is 2.00 bits per heavy atom. The molecular weight excluding hydrogens is 304 g/mol. The van der Waals surface area contributed by atoms with Gasteiger partial charge >= 0.3 is 5.97 Å². The average molecular weight is 332 g/mol. The molecule has 4 nitrogen and oxygen atoms in total. The first-order chi connectivity index (χ1) is 11.3. The third-order valence-corrected chi connectivity index (χ3v) is 9.72. The van der Waals surface area contributed by atoms with Crippen molar-refractivity contribution in [2.45, 2.75) is 82.5 Å². The molecule has 4 aliphatic carbocycles. The Bertz CT molecular complexity index is 656. The van der Waals surface area contributed by atoms with Crippen LogP contribution in [0.15, 0.2) is 0 Å². The summed E-state index contributed by atoms with van der Waals surface area (Å²) in [6.07, 6.45) is 9.13. The summed E-state index contributed by atoms with van der Waals surface area (Å²) >= 11 is 0. The second kappa shape index (κ2) is 3.73. The number of epoxide rings is 2. The Morgan fingerprint density at radius 1 is 1.21 bits per heavy atom. The molecule has 2 bridgehead atoms. The minimum absolute atomic E-state index is 0.0205. The summed E-state index contributed by atoms with van der Waals surface area (Å²) in [4.78, 5) is 12.2. The van der Waals surface area contributed by atoms with E-state index in [1.54, 1.807) is 0 Å². The van der Waals surface area contributed by atoms with Crippen LogP contribution in [-0.4, -0.2) is 35.0 Å². The Labute approximate surface area is 143 Å². The fraction of sp³-hybridized carbons (Fsp3) is 0.950. The third-order valence-electron chi connectivity index (χ3n) is 9.72. The quantitative estimate of drug-likeness (QED) is 0.748. The zero-order chi connectivity index (χ0) is 16.6. The van der Waals surface area contributed by atoms with Crippen molar-refractivity contribution in [3.63, 3.8) is 0 Å². The van der Waals surface area contributed by atoms with Gasteiger partial charge < -0.3 is 14.6 Å². The molecule has 0 amide bonds. The van der Waals surface area contributed by atoms with Gasteiger partial charge in [-0.25, -0.2) is 0 Å². The van der Waals surface area contributed by atoms with E-state index < -0.39 is 11.4 Å². The zero-order valence-electron chi connectivity index (χ0n) is 14.8. The maximum Gasteiger partial charge on any atom is 0.309 e. The van der Waals surface area contributed by atoms with Crippen LogP contribution in [0.1, 0.15) is 65.2 Å². The number of carboxylic acid groups (broad SMARTS) is 1. The molecule has 0 aromatic heterocycles. The van der Waals surface area contributed by atoms with Crippen LogP contribution in [0.5, 0.6) is 0 Å². The van der Waals surface area contributed by atoms with Crippen molar-refractivity contribution in [3.8, 4) is 0 Å².